The fourth-order valence-corrected chi connectivity index (χ4v) is 1.92. The Bertz CT molecular complexity index is 583. The van der Waals surface area contributed by atoms with Crippen molar-refractivity contribution >= 4 is 5.91 Å². The third kappa shape index (κ3) is 4.50. The molecule has 0 unspecified atom stereocenters. The van der Waals surface area contributed by atoms with E-state index in [1.54, 1.807) is 19.2 Å². The van der Waals surface area contributed by atoms with E-state index < -0.39 is 17.2 Å². The van der Waals surface area contributed by atoms with Gasteiger partial charge in [-0.15, -0.1) is 0 Å². The summed E-state index contributed by atoms with van der Waals surface area (Å²) in [6.45, 7) is 7.16. The molecule has 0 fully saturated rings. The number of hydrogen-bond acceptors (Lipinski definition) is 2. The van der Waals surface area contributed by atoms with Gasteiger partial charge in [0.1, 0.15) is 23.2 Å². The van der Waals surface area contributed by atoms with Gasteiger partial charge in [0.05, 0.1) is 6.07 Å². The molecule has 0 saturated heterocycles. The van der Waals surface area contributed by atoms with E-state index in [4.69, 9.17) is 5.26 Å². The Morgan fingerprint density at radius 2 is 2.05 bits per heavy atom. The molecule has 1 aromatic rings. The first kappa shape index (κ1) is 18.1. The maximum Gasteiger partial charge on any atom is 0.276 e. The Hall–Kier alpha value is -2.00. The largest absolute Gasteiger partial charge is 0.333 e. The highest BCUT2D eigenvalue weighted by Gasteiger charge is 2.30. The molecule has 0 saturated carbocycles. The molecule has 6 heteroatoms. The van der Waals surface area contributed by atoms with Crippen LogP contribution in [0.3, 0.4) is 0 Å². The number of nitriles is 1. The van der Waals surface area contributed by atoms with Crippen LogP contribution in [0.4, 0.5) is 8.78 Å². The van der Waals surface area contributed by atoms with Crippen LogP contribution in [0, 0.1) is 28.9 Å². The number of halogens is 2. The van der Waals surface area contributed by atoms with Crippen LogP contribution in [0.25, 0.3) is 0 Å². The molecular formula is C16H22F2N3O+. The topological polar surface area (TPSA) is 69.5 Å². The predicted molar refractivity (Wildman–Crippen MR) is 78.6 cm³/mol. The number of benzene rings is 1. The van der Waals surface area contributed by atoms with Gasteiger partial charge in [-0.3, -0.25) is 4.79 Å². The Kier molecular flexibility index (Phi) is 6.01. The molecule has 0 spiro atoms. The van der Waals surface area contributed by atoms with E-state index in [0.717, 1.165) is 6.07 Å². The Labute approximate surface area is 129 Å². The second-order valence-corrected chi connectivity index (χ2v) is 5.91. The molecule has 0 aliphatic rings. The van der Waals surface area contributed by atoms with Gasteiger partial charge >= 0.3 is 0 Å². The van der Waals surface area contributed by atoms with Crippen molar-refractivity contribution in [3.05, 3.63) is 35.4 Å². The normalized spacial score (nSPS) is 15.0. The monoisotopic (exact) mass is 310 g/mol. The van der Waals surface area contributed by atoms with Crippen LogP contribution in [0.15, 0.2) is 18.2 Å². The third-order valence-corrected chi connectivity index (χ3v) is 3.90. The average Bonchev–Trinajstić information content (AvgIpc) is 2.44. The summed E-state index contributed by atoms with van der Waals surface area (Å²) in [6, 6.07) is 5.15. The number of rotatable bonds is 6. The van der Waals surface area contributed by atoms with Crippen molar-refractivity contribution < 1.29 is 18.9 Å². The van der Waals surface area contributed by atoms with Crippen molar-refractivity contribution in [3.8, 4) is 6.07 Å². The summed E-state index contributed by atoms with van der Waals surface area (Å²) in [5.41, 5.74) is -0.601. The van der Waals surface area contributed by atoms with Crippen molar-refractivity contribution in [2.24, 2.45) is 5.92 Å². The lowest BCUT2D eigenvalue weighted by atomic mass is 9.90. The summed E-state index contributed by atoms with van der Waals surface area (Å²) in [5.74, 6) is -1.60. The fourth-order valence-electron chi connectivity index (χ4n) is 1.92. The number of quaternary nitrogens is 1. The second kappa shape index (κ2) is 7.32. The van der Waals surface area contributed by atoms with Crippen molar-refractivity contribution in [1.29, 1.82) is 5.26 Å². The molecule has 1 aromatic carbocycles. The van der Waals surface area contributed by atoms with Gasteiger partial charge in [0.25, 0.3) is 5.91 Å². The Balaban J connectivity index is 2.62. The van der Waals surface area contributed by atoms with E-state index in [2.05, 4.69) is 11.4 Å². The highest BCUT2D eigenvalue weighted by atomic mass is 19.1. The highest BCUT2D eigenvalue weighted by molar-refractivity contribution is 5.78. The van der Waals surface area contributed by atoms with Crippen LogP contribution in [0.2, 0.25) is 0 Å². The molecule has 1 amide bonds. The van der Waals surface area contributed by atoms with Crippen molar-refractivity contribution in [1.82, 2.24) is 5.32 Å². The van der Waals surface area contributed by atoms with Crippen molar-refractivity contribution in [2.45, 2.75) is 39.3 Å². The molecule has 0 aliphatic carbocycles. The lowest BCUT2D eigenvalue weighted by Crippen LogP contribution is -2.87. The quantitative estimate of drug-likeness (QED) is 0.838. The number of amides is 1. The standard InChI is InChI=1S/C16H21F2N3O/c1-10(2)16(4,9-19)21-15(22)8-20-11(3)13-6-5-12(17)7-14(13)18/h5-7,10-11,20H,8H2,1-4H3,(H,21,22)/p+1/t11-,16-/m1/s1. The summed E-state index contributed by atoms with van der Waals surface area (Å²) in [7, 11) is 0. The number of nitrogens with two attached hydrogens (primary N) is 1. The van der Waals surface area contributed by atoms with Crippen LogP contribution in [-0.2, 0) is 4.79 Å². The minimum atomic E-state index is -0.935. The van der Waals surface area contributed by atoms with Gasteiger partial charge in [-0.25, -0.2) is 8.78 Å². The molecular weight excluding hydrogens is 288 g/mol. The predicted octanol–water partition coefficient (Wildman–Crippen LogP) is 1.64. The molecule has 0 aromatic heterocycles. The number of nitrogens with zero attached hydrogens (tertiary/aromatic N) is 1. The first-order valence-electron chi connectivity index (χ1n) is 7.20. The smallest absolute Gasteiger partial charge is 0.276 e. The number of carbonyl (C=O) groups excluding carboxylic acids is 1. The van der Waals surface area contributed by atoms with E-state index in [9.17, 15) is 13.6 Å². The average molecular weight is 310 g/mol. The number of carbonyl (C=O) groups is 1. The third-order valence-electron chi connectivity index (χ3n) is 3.90. The molecule has 0 aliphatic heterocycles. The SMILES string of the molecule is CC(C)[C@@](C)(C#N)NC(=O)C[NH2+][C@H](C)c1ccc(F)cc1F. The summed E-state index contributed by atoms with van der Waals surface area (Å²) >= 11 is 0. The van der Waals surface area contributed by atoms with Gasteiger partial charge in [-0.1, -0.05) is 13.8 Å². The molecule has 2 atom stereocenters. The van der Waals surface area contributed by atoms with Crippen LogP contribution >= 0.6 is 0 Å². The summed E-state index contributed by atoms with van der Waals surface area (Å²) < 4.78 is 26.5. The van der Waals surface area contributed by atoms with Crippen LogP contribution < -0.4 is 10.6 Å². The van der Waals surface area contributed by atoms with Gasteiger partial charge in [-0.05, 0) is 31.9 Å². The molecule has 120 valence electrons. The summed E-state index contributed by atoms with van der Waals surface area (Å²) in [5, 5.41) is 13.5. The van der Waals surface area contributed by atoms with E-state index in [-0.39, 0.29) is 24.4 Å². The first-order valence-corrected chi connectivity index (χ1v) is 7.20. The molecule has 4 nitrogen and oxygen atoms in total. The van der Waals surface area contributed by atoms with Gasteiger partial charge in [-0.2, -0.15) is 5.26 Å². The second-order valence-electron chi connectivity index (χ2n) is 5.91. The molecule has 0 heterocycles. The molecule has 0 radical (unpaired) electrons. The van der Waals surface area contributed by atoms with Crippen LogP contribution in [-0.4, -0.2) is 18.0 Å². The lowest BCUT2D eigenvalue weighted by molar-refractivity contribution is -0.682. The van der Waals surface area contributed by atoms with E-state index in [1.807, 2.05) is 13.8 Å². The molecule has 1 rings (SSSR count). The maximum absolute atomic E-state index is 13.7. The zero-order valence-electron chi connectivity index (χ0n) is 13.3. The van der Waals surface area contributed by atoms with E-state index in [0.29, 0.717) is 5.56 Å². The minimum absolute atomic E-state index is 0.0339. The number of nitrogens with one attached hydrogen (secondary N) is 1. The first-order chi connectivity index (χ1) is 10.2. The molecule has 0 bridgehead atoms. The zero-order valence-corrected chi connectivity index (χ0v) is 13.3. The minimum Gasteiger partial charge on any atom is -0.333 e. The van der Waals surface area contributed by atoms with Gasteiger partial charge < -0.3 is 10.6 Å². The Morgan fingerprint density at radius 1 is 1.41 bits per heavy atom. The molecule has 22 heavy (non-hydrogen) atoms. The fraction of sp³-hybridized carbons (Fsp3) is 0.500. The van der Waals surface area contributed by atoms with Crippen molar-refractivity contribution in [2.75, 3.05) is 6.54 Å². The highest BCUT2D eigenvalue weighted by Crippen LogP contribution is 2.15. The maximum atomic E-state index is 13.7. The van der Waals surface area contributed by atoms with E-state index in [1.165, 1.54) is 12.1 Å². The Morgan fingerprint density at radius 3 is 2.55 bits per heavy atom. The lowest BCUT2D eigenvalue weighted by Gasteiger charge is -2.27. The molecule has 3 N–H and O–H groups in total. The summed E-state index contributed by atoms with van der Waals surface area (Å²) in [4.78, 5) is 11.9. The summed E-state index contributed by atoms with van der Waals surface area (Å²) in [6.07, 6.45) is 0. The van der Waals surface area contributed by atoms with Gasteiger partial charge in [0.2, 0.25) is 0 Å². The van der Waals surface area contributed by atoms with Gasteiger partial charge in [0.15, 0.2) is 6.54 Å². The van der Waals surface area contributed by atoms with Crippen molar-refractivity contribution in [3.63, 3.8) is 0 Å². The van der Waals surface area contributed by atoms with Gasteiger partial charge in [0, 0.05) is 11.6 Å². The zero-order chi connectivity index (χ0) is 16.9. The van der Waals surface area contributed by atoms with E-state index >= 15 is 0 Å². The van der Waals surface area contributed by atoms with Crippen LogP contribution in [0.1, 0.15) is 39.3 Å². The number of hydrogen-bond donors (Lipinski definition) is 2. The van der Waals surface area contributed by atoms with Crippen LogP contribution in [0.5, 0.6) is 0 Å².